The van der Waals surface area contributed by atoms with Crippen LogP contribution in [0.1, 0.15) is 52.0 Å². The molecule has 0 amide bonds. The van der Waals surface area contributed by atoms with Crippen molar-refractivity contribution in [2.75, 3.05) is 7.11 Å². The number of aryl methyl sites for hydroxylation is 1. The van der Waals surface area contributed by atoms with Crippen molar-refractivity contribution < 1.29 is 18.7 Å². The Morgan fingerprint density at radius 2 is 2.16 bits per heavy atom. The quantitative estimate of drug-likeness (QED) is 0.762. The fourth-order valence-corrected chi connectivity index (χ4v) is 5.66. The van der Waals surface area contributed by atoms with Crippen molar-refractivity contribution in [1.29, 1.82) is 0 Å². The first-order valence-corrected chi connectivity index (χ1v) is 9.15. The number of ether oxygens (including phenoxy) is 1. The van der Waals surface area contributed by atoms with Crippen LogP contribution in [0.4, 0.5) is 0 Å². The summed E-state index contributed by atoms with van der Waals surface area (Å²) in [7, 11) is 1.47. The minimum Gasteiger partial charge on any atom is -0.472 e. The summed E-state index contributed by atoms with van der Waals surface area (Å²) >= 11 is 0. The molecule has 25 heavy (non-hydrogen) atoms. The maximum atomic E-state index is 13.2. The second kappa shape index (κ2) is 6.47. The van der Waals surface area contributed by atoms with Crippen molar-refractivity contribution in [3.63, 3.8) is 0 Å². The number of methoxy groups -OCH3 is 1. The van der Waals surface area contributed by atoms with Crippen LogP contribution in [0.15, 0.2) is 34.7 Å². The summed E-state index contributed by atoms with van der Waals surface area (Å²) in [5.41, 5.74) is 1.13. The lowest BCUT2D eigenvalue weighted by Gasteiger charge is -2.58. The zero-order valence-electron chi connectivity index (χ0n) is 15.6. The van der Waals surface area contributed by atoms with E-state index in [2.05, 4.69) is 13.8 Å². The van der Waals surface area contributed by atoms with Gasteiger partial charge in [0.25, 0.3) is 0 Å². The van der Waals surface area contributed by atoms with Crippen molar-refractivity contribution in [3.05, 3.63) is 35.8 Å². The van der Waals surface area contributed by atoms with Gasteiger partial charge in [-0.25, -0.2) is 0 Å². The van der Waals surface area contributed by atoms with Gasteiger partial charge in [-0.3, -0.25) is 9.59 Å². The highest BCUT2D eigenvalue weighted by Crippen LogP contribution is 2.63. The first kappa shape index (κ1) is 18.0. The van der Waals surface area contributed by atoms with E-state index >= 15 is 0 Å². The molecule has 0 unspecified atom stereocenters. The predicted octanol–water partition coefficient (Wildman–Crippen LogP) is 4.34. The fraction of sp³-hybridized carbons (Fsp3) is 0.619. The summed E-state index contributed by atoms with van der Waals surface area (Å²) in [4.78, 5) is 25.6. The van der Waals surface area contributed by atoms with Crippen LogP contribution in [0.25, 0.3) is 0 Å². The van der Waals surface area contributed by atoms with E-state index in [1.807, 2.05) is 13.0 Å². The molecule has 0 N–H and O–H groups in total. The predicted molar refractivity (Wildman–Crippen MR) is 94.9 cm³/mol. The third-order valence-electron chi connectivity index (χ3n) is 6.94. The third-order valence-corrected chi connectivity index (χ3v) is 6.94. The molecule has 3 rings (SSSR count). The first-order chi connectivity index (χ1) is 11.8. The SMILES string of the molecule is COC(=O)[C@]1(CCc2ccoc2)[C@@H](C)CC[C@H]2C(C)=CC(=O)C[C@]21C. The summed E-state index contributed by atoms with van der Waals surface area (Å²) in [5.74, 6) is 0.386. The number of carbonyl (C=O) groups excluding carboxylic acids is 2. The largest absolute Gasteiger partial charge is 0.472 e. The molecule has 0 bridgehead atoms. The molecular formula is C21H28O4. The zero-order valence-corrected chi connectivity index (χ0v) is 15.6. The summed E-state index contributed by atoms with van der Waals surface area (Å²) in [5, 5.41) is 0. The number of allylic oxidation sites excluding steroid dienone is 2. The normalized spacial score (nSPS) is 35.0. The molecule has 136 valence electrons. The van der Waals surface area contributed by atoms with Crippen molar-refractivity contribution in [2.45, 2.75) is 52.9 Å². The molecule has 0 spiro atoms. The van der Waals surface area contributed by atoms with Crippen molar-refractivity contribution >= 4 is 11.8 Å². The maximum absolute atomic E-state index is 13.2. The third kappa shape index (κ3) is 2.66. The fourth-order valence-electron chi connectivity index (χ4n) is 5.66. The Morgan fingerprint density at radius 3 is 2.80 bits per heavy atom. The number of furan rings is 1. The van der Waals surface area contributed by atoms with Crippen LogP contribution < -0.4 is 0 Å². The lowest BCUT2D eigenvalue weighted by Crippen LogP contribution is -2.59. The molecule has 2 aliphatic rings. The topological polar surface area (TPSA) is 56.5 Å². The Kier molecular flexibility index (Phi) is 4.65. The van der Waals surface area contributed by atoms with Gasteiger partial charge in [0.15, 0.2) is 5.78 Å². The van der Waals surface area contributed by atoms with E-state index in [4.69, 9.17) is 9.15 Å². The van der Waals surface area contributed by atoms with Gasteiger partial charge in [-0.15, -0.1) is 0 Å². The minimum atomic E-state index is -0.660. The lowest BCUT2D eigenvalue weighted by atomic mass is 9.44. The standard InChI is InChI=1S/C21H28O4/c1-14-11-17(22)12-20(3)18(14)6-5-15(2)21(20,19(23)24-4)9-7-16-8-10-25-13-16/h8,10-11,13,15,18H,5-7,9,12H2,1-4H3/t15-,18-,20+,21-/m0/s1. The van der Waals surface area contributed by atoms with Crippen LogP contribution in [0.3, 0.4) is 0 Å². The molecule has 4 heteroatoms. The van der Waals surface area contributed by atoms with Gasteiger partial charge >= 0.3 is 5.97 Å². The molecule has 4 atom stereocenters. The van der Waals surface area contributed by atoms with E-state index in [0.29, 0.717) is 12.8 Å². The molecule has 1 saturated carbocycles. The number of carbonyl (C=O) groups is 2. The van der Waals surface area contributed by atoms with Crippen LogP contribution in [0.2, 0.25) is 0 Å². The lowest BCUT2D eigenvalue weighted by molar-refractivity contribution is -0.181. The zero-order chi connectivity index (χ0) is 18.2. The molecule has 1 aromatic heterocycles. The van der Waals surface area contributed by atoms with E-state index in [1.165, 1.54) is 7.11 Å². The average molecular weight is 344 g/mol. The van der Waals surface area contributed by atoms with Gasteiger partial charge in [-0.2, -0.15) is 0 Å². The van der Waals surface area contributed by atoms with Gasteiger partial charge < -0.3 is 9.15 Å². The Hall–Kier alpha value is -1.84. The monoisotopic (exact) mass is 344 g/mol. The maximum Gasteiger partial charge on any atom is 0.312 e. The van der Waals surface area contributed by atoms with Gasteiger partial charge in [0.2, 0.25) is 0 Å². The van der Waals surface area contributed by atoms with Gasteiger partial charge in [0.05, 0.1) is 25.1 Å². The van der Waals surface area contributed by atoms with Gasteiger partial charge in [-0.05, 0) is 67.6 Å². The molecule has 0 radical (unpaired) electrons. The van der Waals surface area contributed by atoms with Gasteiger partial charge in [0.1, 0.15) is 0 Å². The number of ketones is 1. The molecule has 1 heterocycles. The summed E-state index contributed by atoms with van der Waals surface area (Å²) in [6.07, 6.45) is 9.00. The second-order valence-corrected chi connectivity index (χ2v) is 8.07. The van der Waals surface area contributed by atoms with Gasteiger partial charge in [0, 0.05) is 6.42 Å². The number of hydrogen-bond donors (Lipinski definition) is 0. The van der Waals surface area contributed by atoms with Gasteiger partial charge in [-0.1, -0.05) is 19.4 Å². The average Bonchev–Trinajstić information content (AvgIpc) is 3.06. The number of esters is 1. The number of fused-ring (bicyclic) bond motifs is 1. The molecular weight excluding hydrogens is 316 g/mol. The van der Waals surface area contributed by atoms with Crippen molar-refractivity contribution in [2.24, 2.45) is 22.7 Å². The summed E-state index contributed by atoms with van der Waals surface area (Å²) in [6, 6.07) is 1.94. The molecule has 0 aliphatic heterocycles. The molecule has 0 aromatic carbocycles. The van der Waals surface area contributed by atoms with E-state index in [-0.39, 0.29) is 23.6 Å². The summed E-state index contributed by atoms with van der Waals surface area (Å²) < 4.78 is 10.5. The molecule has 2 aliphatic carbocycles. The minimum absolute atomic E-state index is 0.127. The summed E-state index contributed by atoms with van der Waals surface area (Å²) in [6.45, 7) is 6.31. The Bertz CT molecular complexity index is 687. The smallest absolute Gasteiger partial charge is 0.312 e. The van der Waals surface area contributed by atoms with Crippen LogP contribution in [-0.2, 0) is 20.7 Å². The van der Waals surface area contributed by atoms with E-state index in [0.717, 1.165) is 30.4 Å². The highest BCUT2D eigenvalue weighted by atomic mass is 16.5. The van der Waals surface area contributed by atoms with Crippen LogP contribution in [0.5, 0.6) is 0 Å². The van der Waals surface area contributed by atoms with Crippen molar-refractivity contribution in [3.8, 4) is 0 Å². The highest BCUT2D eigenvalue weighted by molar-refractivity contribution is 5.93. The van der Waals surface area contributed by atoms with Crippen LogP contribution in [-0.4, -0.2) is 18.9 Å². The molecule has 1 fully saturated rings. The van der Waals surface area contributed by atoms with Crippen LogP contribution in [0, 0.1) is 22.7 Å². The van der Waals surface area contributed by atoms with Crippen molar-refractivity contribution in [1.82, 2.24) is 0 Å². The van der Waals surface area contributed by atoms with Crippen LogP contribution >= 0.6 is 0 Å². The number of hydrogen-bond acceptors (Lipinski definition) is 4. The highest BCUT2D eigenvalue weighted by Gasteiger charge is 2.63. The molecule has 4 nitrogen and oxygen atoms in total. The second-order valence-electron chi connectivity index (χ2n) is 8.07. The Morgan fingerprint density at radius 1 is 1.40 bits per heavy atom. The molecule has 0 saturated heterocycles. The van der Waals surface area contributed by atoms with E-state index in [1.54, 1.807) is 18.6 Å². The van der Waals surface area contributed by atoms with E-state index in [9.17, 15) is 9.59 Å². The van der Waals surface area contributed by atoms with E-state index < -0.39 is 10.8 Å². The number of rotatable bonds is 4. The first-order valence-electron chi connectivity index (χ1n) is 9.15. The Balaban J connectivity index is 2.07. The molecule has 1 aromatic rings. The Labute approximate surface area is 149 Å².